The number of esters is 2. The topological polar surface area (TPSA) is 105 Å². The zero-order valence-electron chi connectivity index (χ0n) is 15.3. The Bertz CT molecular complexity index is 777. The molecule has 0 saturated heterocycles. The van der Waals surface area contributed by atoms with Crippen LogP contribution in [0.25, 0.3) is 0 Å². The SMILES string of the molecule is CCOC(=O)/C(C(=O)c1ccc(Cl)cc1)=C(\C(=O)OCC)P(=O)(OC)OC. The molecule has 0 aliphatic rings. The average molecular weight is 419 g/mol. The molecule has 1 aromatic carbocycles. The molecule has 0 atom stereocenters. The highest BCUT2D eigenvalue weighted by Crippen LogP contribution is 2.56. The first kappa shape index (κ1) is 23.0. The number of rotatable bonds is 9. The summed E-state index contributed by atoms with van der Waals surface area (Å²) in [6, 6.07) is 5.54. The van der Waals surface area contributed by atoms with E-state index < -0.39 is 36.2 Å². The first-order valence-electron chi connectivity index (χ1n) is 7.86. The van der Waals surface area contributed by atoms with Crippen LogP contribution in [0.15, 0.2) is 35.2 Å². The van der Waals surface area contributed by atoms with Gasteiger partial charge in [0.2, 0.25) is 5.78 Å². The Labute approximate surface area is 161 Å². The van der Waals surface area contributed by atoms with E-state index in [2.05, 4.69) is 0 Å². The summed E-state index contributed by atoms with van der Waals surface area (Å²) >= 11 is 5.81. The maximum atomic E-state index is 13.0. The number of ether oxygens (including phenoxy) is 2. The number of halogens is 1. The molecule has 27 heavy (non-hydrogen) atoms. The summed E-state index contributed by atoms with van der Waals surface area (Å²) in [6.07, 6.45) is 0. The average Bonchev–Trinajstić information content (AvgIpc) is 2.65. The summed E-state index contributed by atoms with van der Waals surface area (Å²) < 4.78 is 32.3. The highest BCUT2D eigenvalue weighted by Gasteiger charge is 2.43. The molecule has 0 unspecified atom stereocenters. The summed E-state index contributed by atoms with van der Waals surface area (Å²) in [5.41, 5.74) is -0.771. The minimum atomic E-state index is -4.34. The molecular weight excluding hydrogens is 399 g/mol. The summed E-state index contributed by atoms with van der Waals surface area (Å²) in [6.45, 7) is 2.83. The van der Waals surface area contributed by atoms with Gasteiger partial charge >= 0.3 is 19.5 Å². The molecule has 0 bridgehead atoms. The van der Waals surface area contributed by atoms with Crippen LogP contribution in [0, 0.1) is 0 Å². The van der Waals surface area contributed by atoms with Gasteiger partial charge in [0.1, 0.15) is 5.57 Å². The zero-order valence-corrected chi connectivity index (χ0v) is 17.0. The number of Topliss-reactive ketones (excluding diaryl/α,β-unsaturated/α-hetero) is 1. The lowest BCUT2D eigenvalue weighted by Crippen LogP contribution is -2.23. The van der Waals surface area contributed by atoms with Crippen molar-refractivity contribution in [1.82, 2.24) is 0 Å². The molecule has 0 aliphatic carbocycles. The molecule has 1 rings (SSSR count). The van der Waals surface area contributed by atoms with Gasteiger partial charge in [0, 0.05) is 24.8 Å². The predicted octanol–water partition coefficient (Wildman–Crippen LogP) is 3.39. The Balaban J connectivity index is 3.78. The molecule has 0 fully saturated rings. The monoisotopic (exact) mass is 418 g/mol. The number of benzene rings is 1. The highest BCUT2D eigenvalue weighted by atomic mass is 35.5. The maximum Gasteiger partial charge on any atom is 0.369 e. The highest BCUT2D eigenvalue weighted by molar-refractivity contribution is 7.60. The quantitative estimate of drug-likeness (QED) is 0.150. The summed E-state index contributed by atoms with van der Waals surface area (Å²) in [4.78, 5) is 37.9. The van der Waals surface area contributed by atoms with E-state index >= 15 is 0 Å². The molecule has 0 amide bonds. The van der Waals surface area contributed by atoms with E-state index in [1.807, 2.05) is 0 Å². The van der Waals surface area contributed by atoms with Crippen LogP contribution in [0.5, 0.6) is 0 Å². The molecular formula is C17H20ClO8P. The van der Waals surface area contributed by atoms with E-state index in [1.54, 1.807) is 0 Å². The van der Waals surface area contributed by atoms with Crippen LogP contribution in [0.1, 0.15) is 24.2 Å². The fraction of sp³-hybridized carbons (Fsp3) is 0.353. The second kappa shape index (κ2) is 10.4. The molecule has 0 N–H and O–H groups in total. The van der Waals surface area contributed by atoms with Gasteiger partial charge in [-0.2, -0.15) is 0 Å². The first-order valence-corrected chi connectivity index (χ1v) is 9.78. The van der Waals surface area contributed by atoms with Gasteiger partial charge in [0.15, 0.2) is 5.31 Å². The third kappa shape index (κ3) is 5.49. The van der Waals surface area contributed by atoms with Gasteiger partial charge in [0.25, 0.3) is 0 Å². The van der Waals surface area contributed by atoms with E-state index in [9.17, 15) is 18.9 Å². The molecule has 0 aromatic heterocycles. The van der Waals surface area contributed by atoms with Crippen molar-refractivity contribution >= 4 is 36.9 Å². The van der Waals surface area contributed by atoms with Crippen molar-refractivity contribution in [1.29, 1.82) is 0 Å². The molecule has 0 spiro atoms. The lowest BCUT2D eigenvalue weighted by atomic mass is 10.0. The summed E-state index contributed by atoms with van der Waals surface area (Å²) in [7, 11) is -2.31. The van der Waals surface area contributed by atoms with Gasteiger partial charge in [-0.05, 0) is 38.1 Å². The van der Waals surface area contributed by atoms with Crippen molar-refractivity contribution in [3.05, 3.63) is 45.7 Å². The molecule has 0 aliphatic heterocycles. The van der Waals surface area contributed by atoms with Crippen LogP contribution in [0.2, 0.25) is 5.02 Å². The van der Waals surface area contributed by atoms with Crippen LogP contribution in [0.4, 0.5) is 0 Å². The van der Waals surface area contributed by atoms with E-state index in [1.165, 1.54) is 38.1 Å². The van der Waals surface area contributed by atoms with Crippen molar-refractivity contribution in [3.8, 4) is 0 Å². The van der Waals surface area contributed by atoms with Gasteiger partial charge in [-0.25, -0.2) is 9.59 Å². The summed E-state index contributed by atoms with van der Waals surface area (Å²) in [5, 5.41) is -0.467. The molecule has 0 radical (unpaired) electrons. The first-order chi connectivity index (χ1) is 12.7. The Hall–Kier alpha value is -1.99. The third-order valence-corrected chi connectivity index (χ3v) is 5.44. The molecule has 148 valence electrons. The predicted molar refractivity (Wildman–Crippen MR) is 97.7 cm³/mol. The van der Waals surface area contributed by atoms with Crippen molar-refractivity contribution in [2.45, 2.75) is 13.8 Å². The minimum Gasteiger partial charge on any atom is -0.462 e. The molecule has 0 heterocycles. The van der Waals surface area contributed by atoms with Gasteiger partial charge in [0.05, 0.1) is 13.2 Å². The molecule has 1 aromatic rings. The minimum absolute atomic E-state index is 0.0167. The lowest BCUT2D eigenvalue weighted by Gasteiger charge is -2.19. The van der Waals surface area contributed by atoms with Crippen molar-refractivity contribution in [2.24, 2.45) is 0 Å². The zero-order chi connectivity index (χ0) is 20.6. The number of hydrogen-bond acceptors (Lipinski definition) is 8. The standard InChI is InChI=1S/C17H20ClO8P/c1-5-25-16(20)13(14(19)11-7-9-12(18)10-8-11)15(17(21)26-6-2)27(22,23-3)24-4/h7-10H,5-6H2,1-4H3/b15-13+. The van der Waals surface area contributed by atoms with Gasteiger partial charge in [-0.15, -0.1) is 0 Å². The van der Waals surface area contributed by atoms with Gasteiger partial charge in [-0.1, -0.05) is 11.6 Å². The van der Waals surface area contributed by atoms with E-state index in [-0.39, 0.29) is 18.8 Å². The van der Waals surface area contributed by atoms with E-state index in [0.29, 0.717) is 5.02 Å². The lowest BCUT2D eigenvalue weighted by molar-refractivity contribution is -0.141. The second-order valence-corrected chi connectivity index (χ2v) is 7.47. The normalized spacial score (nSPS) is 12.2. The van der Waals surface area contributed by atoms with Crippen LogP contribution in [-0.2, 0) is 32.7 Å². The van der Waals surface area contributed by atoms with Crippen molar-refractivity contribution in [3.63, 3.8) is 0 Å². The largest absolute Gasteiger partial charge is 0.462 e. The van der Waals surface area contributed by atoms with Crippen LogP contribution in [-0.4, -0.2) is 45.2 Å². The van der Waals surface area contributed by atoms with Crippen molar-refractivity contribution in [2.75, 3.05) is 27.4 Å². The Morgan fingerprint density at radius 3 is 1.85 bits per heavy atom. The van der Waals surface area contributed by atoms with Crippen LogP contribution < -0.4 is 0 Å². The molecule has 0 saturated carbocycles. The van der Waals surface area contributed by atoms with Crippen molar-refractivity contribution < 1.29 is 37.5 Å². The van der Waals surface area contributed by atoms with Crippen LogP contribution >= 0.6 is 19.2 Å². The van der Waals surface area contributed by atoms with Gasteiger partial charge in [-0.3, -0.25) is 9.36 Å². The fourth-order valence-electron chi connectivity index (χ4n) is 2.05. The second-order valence-electron chi connectivity index (χ2n) is 4.86. The smallest absolute Gasteiger partial charge is 0.369 e. The Morgan fingerprint density at radius 1 is 0.926 bits per heavy atom. The van der Waals surface area contributed by atoms with Gasteiger partial charge < -0.3 is 18.5 Å². The summed E-state index contributed by atoms with van der Waals surface area (Å²) in [5.74, 6) is -3.26. The number of carbonyl (C=O) groups excluding carboxylic acids is 3. The molecule has 10 heteroatoms. The Morgan fingerprint density at radius 2 is 1.41 bits per heavy atom. The third-order valence-electron chi connectivity index (χ3n) is 3.27. The van der Waals surface area contributed by atoms with E-state index in [4.69, 9.17) is 30.1 Å². The number of ketones is 1. The maximum absolute atomic E-state index is 13.0. The van der Waals surface area contributed by atoms with Crippen LogP contribution in [0.3, 0.4) is 0 Å². The number of hydrogen-bond donors (Lipinski definition) is 0. The fourth-order valence-corrected chi connectivity index (χ4v) is 3.45. The molecule has 8 nitrogen and oxygen atoms in total. The number of carbonyl (C=O) groups is 3. The Kier molecular flexibility index (Phi) is 8.85. The van der Waals surface area contributed by atoms with E-state index in [0.717, 1.165) is 14.2 Å².